The molecule has 1 fully saturated rings. The molecule has 1 amide bonds. The van der Waals surface area contributed by atoms with Gasteiger partial charge in [-0.25, -0.2) is 0 Å². The number of amides is 1. The SMILES string of the molecule is COc1ccc2c(c1)C(=CC(=O)c1cccc(NC(=O)CO[C@@H]3C[C@H](C)CC[C@H]3C(C)C)c1)NC(C)(C)C2. The van der Waals surface area contributed by atoms with E-state index in [1.165, 1.54) is 12.0 Å². The lowest BCUT2D eigenvalue weighted by molar-refractivity contribution is -0.126. The van der Waals surface area contributed by atoms with Crippen LogP contribution in [0.3, 0.4) is 0 Å². The second-order valence-corrected chi connectivity index (χ2v) is 11.9. The predicted octanol–water partition coefficient (Wildman–Crippen LogP) is 6.26. The molecule has 204 valence electrons. The van der Waals surface area contributed by atoms with Gasteiger partial charge in [0.1, 0.15) is 12.4 Å². The molecule has 2 aromatic rings. The number of hydrogen-bond donors (Lipinski definition) is 2. The van der Waals surface area contributed by atoms with Crippen molar-refractivity contribution in [1.82, 2.24) is 5.32 Å². The van der Waals surface area contributed by atoms with Crippen molar-refractivity contribution >= 4 is 23.1 Å². The van der Waals surface area contributed by atoms with Crippen molar-refractivity contribution in [3.05, 3.63) is 65.2 Å². The van der Waals surface area contributed by atoms with Crippen LogP contribution in [-0.4, -0.2) is 37.0 Å². The molecular formula is C32H42N2O4. The van der Waals surface area contributed by atoms with Gasteiger partial charge >= 0.3 is 0 Å². The highest BCUT2D eigenvalue weighted by molar-refractivity contribution is 6.09. The Hall–Kier alpha value is -3.12. The Morgan fingerprint density at radius 2 is 1.95 bits per heavy atom. The van der Waals surface area contributed by atoms with Gasteiger partial charge in [0.15, 0.2) is 5.78 Å². The lowest BCUT2D eigenvalue weighted by Gasteiger charge is -2.37. The first-order valence-corrected chi connectivity index (χ1v) is 13.8. The summed E-state index contributed by atoms with van der Waals surface area (Å²) < 4.78 is 11.5. The Balaban J connectivity index is 1.45. The fraction of sp³-hybridized carbons (Fsp3) is 0.500. The van der Waals surface area contributed by atoms with Gasteiger partial charge in [-0.3, -0.25) is 9.59 Å². The van der Waals surface area contributed by atoms with Crippen LogP contribution < -0.4 is 15.4 Å². The molecule has 38 heavy (non-hydrogen) atoms. The highest BCUT2D eigenvalue weighted by Crippen LogP contribution is 2.35. The average Bonchev–Trinajstić information content (AvgIpc) is 2.86. The standard InChI is InChI=1S/C32H42N2O4/c1-20(2)26-13-10-21(3)14-30(26)38-19-31(36)33-24-9-7-8-22(15-24)29(35)17-28-27-16-25(37-6)12-11-23(27)18-32(4,5)34-28/h7-9,11-12,15-17,20-21,26,30,34H,10,13-14,18-19H2,1-6H3,(H,33,36)/t21-,26+,30-/m1/s1. The summed E-state index contributed by atoms with van der Waals surface area (Å²) in [4.78, 5) is 26.0. The molecule has 1 heterocycles. The number of ketones is 1. The molecule has 1 aliphatic carbocycles. The second kappa shape index (κ2) is 11.7. The van der Waals surface area contributed by atoms with Crippen LogP contribution in [0.5, 0.6) is 5.75 Å². The molecule has 2 aliphatic rings. The number of rotatable bonds is 8. The fourth-order valence-electron chi connectivity index (χ4n) is 5.80. The van der Waals surface area contributed by atoms with Crippen LogP contribution in [0.25, 0.3) is 5.70 Å². The van der Waals surface area contributed by atoms with Gasteiger partial charge in [-0.05, 0) is 80.7 Å². The maximum Gasteiger partial charge on any atom is 0.250 e. The minimum atomic E-state index is -0.203. The van der Waals surface area contributed by atoms with Gasteiger partial charge in [-0.1, -0.05) is 45.4 Å². The lowest BCUT2D eigenvalue weighted by Crippen LogP contribution is -2.43. The maximum atomic E-state index is 13.3. The number of hydrogen-bond acceptors (Lipinski definition) is 5. The van der Waals surface area contributed by atoms with E-state index in [1.807, 2.05) is 12.1 Å². The third-order valence-corrected chi connectivity index (χ3v) is 7.81. The molecule has 0 bridgehead atoms. The Labute approximate surface area is 227 Å². The van der Waals surface area contributed by atoms with Crippen LogP contribution in [0.2, 0.25) is 0 Å². The minimum absolute atomic E-state index is 0.0143. The Morgan fingerprint density at radius 1 is 1.16 bits per heavy atom. The predicted molar refractivity (Wildman–Crippen MR) is 152 cm³/mol. The van der Waals surface area contributed by atoms with E-state index in [0.717, 1.165) is 36.3 Å². The quantitative estimate of drug-likeness (QED) is 0.319. The molecule has 1 saturated carbocycles. The highest BCUT2D eigenvalue weighted by Gasteiger charge is 2.32. The molecule has 0 spiro atoms. The van der Waals surface area contributed by atoms with E-state index in [9.17, 15) is 9.59 Å². The summed E-state index contributed by atoms with van der Waals surface area (Å²) in [6, 6.07) is 13.0. The summed E-state index contributed by atoms with van der Waals surface area (Å²) in [6.45, 7) is 11.0. The number of benzene rings is 2. The highest BCUT2D eigenvalue weighted by atomic mass is 16.5. The number of fused-ring (bicyclic) bond motifs is 1. The first-order valence-electron chi connectivity index (χ1n) is 13.8. The second-order valence-electron chi connectivity index (χ2n) is 11.9. The smallest absolute Gasteiger partial charge is 0.250 e. The van der Waals surface area contributed by atoms with Crippen LogP contribution in [0.1, 0.15) is 75.4 Å². The molecule has 0 saturated heterocycles. The van der Waals surface area contributed by atoms with Crippen molar-refractivity contribution in [3.63, 3.8) is 0 Å². The van der Waals surface area contributed by atoms with Crippen LogP contribution in [0.15, 0.2) is 48.5 Å². The van der Waals surface area contributed by atoms with Crippen LogP contribution in [0.4, 0.5) is 5.69 Å². The first-order chi connectivity index (χ1) is 18.0. The van der Waals surface area contributed by atoms with Crippen molar-refractivity contribution in [2.45, 2.75) is 71.9 Å². The zero-order chi connectivity index (χ0) is 27.4. The third kappa shape index (κ3) is 6.84. The van der Waals surface area contributed by atoms with Crippen molar-refractivity contribution < 1.29 is 19.1 Å². The van der Waals surface area contributed by atoms with Gasteiger partial charge in [0, 0.05) is 34.1 Å². The van der Waals surface area contributed by atoms with E-state index in [0.29, 0.717) is 29.0 Å². The molecule has 0 radical (unpaired) electrons. The Bertz CT molecular complexity index is 1200. The van der Waals surface area contributed by atoms with Crippen molar-refractivity contribution in [3.8, 4) is 5.75 Å². The number of nitrogens with one attached hydrogen (secondary N) is 2. The van der Waals surface area contributed by atoms with Crippen molar-refractivity contribution in [2.75, 3.05) is 19.0 Å². The van der Waals surface area contributed by atoms with Gasteiger partial charge in [-0.2, -0.15) is 0 Å². The number of ether oxygens (including phenoxy) is 2. The van der Waals surface area contributed by atoms with Gasteiger partial charge < -0.3 is 20.1 Å². The molecule has 3 atom stereocenters. The first kappa shape index (κ1) is 27.9. The summed E-state index contributed by atoms with van der Waals surface area (Å²) in [7, 11) is 1.64. The largest absolute Gasteiger partial charge is 0.497 e. The van der Waals surface area contributed by atoms with Gasteiger partial charge in [0.05, 0.1) is 13.2 Å². The summed E-state index contributed by atoms with van der Waals surface area (Å²) in [6.07, 6.45) is 5.96. The summed E-state index contributed by atoms with van der Waals surface area (Å²) in [5.74, 6) is 2.04. The maximum absolute atomic E-state index is 13.3. The molecule has 0 unspecified atom stereocenters. The molecule has 6 heteroatoms. The van der Waals surface area contributed by atoms with Crippen molar-refractivity contribution in [2.24, 2.45) is 17.8 Å². The Morgan fingerprint density at radius 3 is 2.68 bits per heavy atom. The van der Waals surface area contributed by atoms with E-state index in [1.54, 1.807) is 37.5 Å². The Kier molecular flexibility index (Phi) is 8.61. The van der Waals surface area contributed by atoms with Crippen LogP contribution >= 0.6 is 0 Å². The minimum Gasteiger partial charge on any atom is -0.497 e. The molecular weight excluding hydrogens is 476 g/mol. The molecule has 2 aromatic carbocycles. The number of carbonyl (C=O) groups is 2. The zero-order valence-corrected chi connectivity index (χ0v) is 23.6. The topological polar surface area (TPSA) is 76.7 Å². The van der Waals surface area contributed by atoms with E-state index >= 15 is 0 Å². The molecule has 1 aliphatic heterocycles. The van der Waals surface area contributed by atoms with E-state index < -0.39 is 0 Å². The van der Waals surface area contributed by atoms with Crippen LogP contribution in [0, 0.1) is 17.8 Å². The van der Waals surface area contributed by atoms with Crippen LogP contribution in [-0.2, 0) is 16.0 Å². The fourth-order valence-corrected chi connectivity index (χ4v) is 5.80. The number of allylic oxidation sites excluding steroid dienone is 1. The third-order valence-electron chi connectivity index (χ3n) is 7.81. The number of anilines is 1. The van der Waals surface area contributed by atoms with Gasteiger partial charge in [0.2, 0.25) is 5.91 Å². The van der Waals surface area contributed by atoms with E-state index in [4.69, 9.17) is 9.47 Å². The number of methoxy groups -OCH3 is 1. The molecule has 4 rings (SSSR count). The number of carbonyl (C=O) groups excluding carboxylic acids is 2. The monoisotopic (exact) mass is 518 g/mol. The molecule has 0 aromatic heterocycles. The van der Waals surface area contributed by atoms with Gasteiger partial charge in [0.25, 0.3) is 0 Å². The van der Waals surface area contributed by atoms with Crippen molar-refractivity contribution in [1.29, 1.82) is 0 Å². The van der Waals surface area contributed by atoms with E-state index in [-0.39, 0.29) is 29.9 Å². The van der Waals surface area contributed by atoms with E-state index in [2.05, 4.69) is 51.3 Å². The lowest BCUT2D eigenvalue weighted by atomic mass is 9.75. The summed E-state index contributed by atoms with van der Waals surface area (Å²) in [5, 5.41) is 6.42. The van der Waals surface area contributed by atoms with Gasteiger partial charge in [-0.15, -0.1) is 0 Å². The normalized spacial score (nSPS) is 23.4. The molecule has 6 nitrogen and oxygen atoms in total. The molecule has 2 N–H and O–H groups in total. The summed E-state index contributed by atoms with van der Waals surface area (Å²) >= 11 is 0. The summed E-state index contributed by atoms with van der Waals surface area (Å²) in [5.41, 5.74) is 3.81. The average molecular weight is 519 g/mol. The zero-order valence-electron chi connectivity index (χ0n) is 23.6.